The topological polar surface area (TPSA) is 29.7 Å². The minimum Gasteiger partial charge on any atom is -0.165 e. The fourth-order valence-corrected chi connectivity index (χ4v) is 1.31. The molecular formula is C9H10N3. The lowest BCUT2D eigenvalue weighted by atomic mass is 10.1. The maximum atomic E-state index is 4.04. The molecule has 0 amide bonds. The summed E-state index contributed by atoms with van der Waals surface area (Å²) in [5.74, 6) is 0. The van der Waals surface area contributed by atoms with Gasteiger partial charge in [0.25, 0.3) is 0 Å². The predicted molar refractivity (Wildman–Crippen MR) is 48.5 cm³/mol. The van der Waals surface area contributed by atoms with Crippen molar-refractivity contribution in [2.75, 3.05) is 6.54 Å². The summed E-state index contributed by atoms with van der Waals surface area (Å²) in [5, 5.41) is 5.94. The van der Waals surface area contributed by atoms with E-state index in [-0.39, 0.29) is 6.04 Å². The van der Waals surface area contributed by atoms with Crippen molar-refractivity contribution < 1.29 is 0 Å². The molecule has 0 aromatic heterocycles. The normalized spacial score (nSPS) is 26.3. The first-order chi connectivity index (χ1) is 5.92. The molecule has 0 N–H and O–H groups in total. The van der Waals surface area contributed by atoms with E-state index >= 15 is 0 Å². The highest BCUT2D eigenvalue weighted by Gasteiger charge is 2.26. The quantitative estimate of drug-likeness (QED) is 0.551. The van der Waals surface area contributed by atoms with Crippen molar-refractivity contribution in [3.63, 3.8) is 0 Å². The number of allylic oxidation sites excluding steroid dienone is 2. The molecule has 1 heterocycles. The van der Waals surface area contributed by atoms with Gasteiger partial charge in [0.1, 0.15) is 0 Å². The average molecular weight is 160 g/mol. The van der Waals surface area contributed by atoms with Crippen LogP contribution in [0, 0.1) is 0 Å². The van der Waals surface area contributed by atoms with E-state index in [0.717, 1.165) is 12.3 Å². The second kappa shape index (κ2) is 2.95. The van der Waals surface area contributed by atoms with Crippen LogP contribution in [0.1, 0.15) is 0 Å². The van der Waals surface area contributed by atoms with Crippen LogP contribution in [-0.4, -0.2) is 23.3 Å². The molecule has 1 atom stereocenters. The zero-order valence-electron chi connectivity index (χ0n) is 6.72. The Bertz CT molecular complexity index is 275. The first kappa shape index (κ1) is 7.31. The van der Waals surface area contributed by atoms with Crippen LogP contribution < -0.4 is 5.53 Å². The molecule has 2 rings (SSSR count). The Labute approximate surface area is 71.7 Å². The SMILES string of the molecule is C=CCN1[N]N=C2C=CC=CC21. The Morgan fingerprint density at radius 2 is 2.50 bits per heavy atom. The fraction of sp³-hybridized carbons (Fsp3) is 0.222. The highest BCUT2D eigenvalue weighted by molar-refractivity contribution is 6.02. The average Bonchev–Trinajstić information content (AvgIpc) is 2.50. The van der Waals surface area contributed by atoms with Crippen LogP contribution in [0.15, 0.2) is 42.1 Å². The number of fused-ring (bicyclic) bond motifs is 1. The first-order valence-corrected chi connectivity index (χ1v) is 3.93. The molecule has 3 nitrogen and oxygen atoms in total. The third-order valence-corrected chi connectivity index (χ3v) is 1.89. The predicted octanol–water partition coefficient (Wildman–Crippen LogP) is 0.858. The van der Waals surface area contributed by atoms with Crippen LogP contribution in [0.25, 0.3) is 0 Å². The molecule has 1 aliphatic heterocycles. The molecule has 12 heavy (non-hydrogen) atoms. The van der Waals surface area contributed by atoms with Crippen molar-refractivity contribution in [3.8, 4) is 0 Å². The molecule has 2 aliphatic rings. The molecule has 0 aromatic rings. The lowest BCUT2D eigenvalue weighted by Crippen LogP contribution is -2.36. The van der Waals surface area contributed by atoms with E-state index in [1.807, 2.05) is 29.3 Å². The maximum Gasteiger partial charge on any atom is 0.0957 e. The van der Waals surface area contributed by atoms with Gasteiger partial charge < -0.3 is 0 Å². The number of hydrogen-bond donors (Lipinski definition) is 0. The molecule has 0 bridgehead atoms. The minimum atomic E-state index is 0.230. The Hall–Kier alpha value is -1.35. The zero-order valence-corrected chi connectivity index (χ0v) is 6.72. The van der Waals surface area contributed by atoms with Crippen LogP contribution >= 0.6 is 0 Å². The van der Waals surface area contributed by atoms with Gasteiger partial charge in [-0.05, 0) is 6.08 Å². The third-order valence-electron chi connectivity index (χ3n) is 1.89. The van der Waals surface area contributed by atoms with Gasteiger partial charge in [-0.15, -0.1) is 11.7 Å². The van der Waals surface area contributed by atoms with E-state index in [9.17, 15) is 0 Å². The summed E-state index contributed by atoms with van der Waals surface area (Å²) in [6, 6.07) is 0.230. The van der Waals surface area contributed by atoms with Gasteiger partial charge in [-0.1, -0.05) is 29.8 Å². The van der Waals surface area contributed by atoms with Crippen molar-refractivity contribution in [1.29, 1.82) is 0 Å². The summed E-state index contributed by atoms with van der Waals surface area (Å²) >= 11 is 0. The van der Waals surface area contributed by atoms with Crippen LogP contribution in [0.5, 0.6) is 0 Å². The molecule has 0 fully saturated rings. The van der Waals surface area contributed by atoms with Crippen LogP contribution in [0.2, 0.25) is 0 Å². The molecule has 61 valence electrons. The molecule has 0 saturated heterocycles. The van der Waals surface area contributed by atoms with Gasteiger partial charge in [-0.3, -0.25) is 0 Å². The molecule has 1 unspecified atom stereocenters. The second-order valence-electron chi connectivity index (χ2n) is 2.71. The lowest BCUT2D eigenvalue weighted by Gasteiger charge is -2.17. The smallest absolute Gasteiger partial charge is 0.0957 e. The van der Waals surface area contributed by atoms with Crippen molar-refractivity contribution in [2.24, 2.45) is 5.10 Å². The lowest BCUT2D eigenvalue weighted by molar-refractivity contribution is 0.226. The minimum absolute atomic E-state index is 0.230. The molecule has 0 aromatic carbocycles. The van der Waals surface area contributed by atoms with Gasteiger partial charge in [-0.2, -0.15) is 5.01 Å². The van der Waals surface area contributed by atoms with Gasteiger partial charge in [0.05, 0.1) is 11.8 Å². The Morgan fingerprint density at radius 3 is 3.33 bits per heavy atom. The van der Waals surface area contributed by atoms with Gasteiger partial charge >= 0.3 is 0 Å². The number of nitrogens with zero attached hydrogens (tertiary/aromatic N) is 3. The van der Waals surface area contributed by atoms with Gasteiger partial charge in [0.2, 0.25) is 0 Å². The Kier molecular flexibility index (Phi) is 1.80. The van der Waals surface area contributed by atoms with Gasteiger partial charge in [-0.25, -0.2) is 0 Å². The third kappa shape index (κ3) is 1.08. The molecule has 3 heteroatoms. The maximum absolute atomic E-state index is 4.04. The molecular weight excluding hydrogens is 150 g/mol. The summed E-state index contributed by atoms with van der Waals surface area (Å²) in [6.45, 7) is 4.41. The molecule has 1 aliphatic carbocycles. The monoisotopic (exact) mass is 160 g/mol. The van der Waals surface area contributed by atoms with E-state index in [1.54, 1.807) is 0 Å². The van der Waals surface area contributed by atoms with E-state index in [4.69, 9.17) is 0 Å². The zero-order chi connectivity index (χ0) is 8.39. The Balaban J connectivity index is 2.13. The van der Waals surface area contributed by atoms with E-state index in [0.29, 0.717) is 0 Å². The summed E-state index contributed by atoms with van der Waals surface area (Å²) < 4.78 is 0. The number of hydrogen-bond acceptors (Lipinski definition) is 2. The van der Waals surface area contributed by atoms with Crippen LogP contribution in [0.3, 0.4) is 0 Å². The summed E-state index contributed by atoms with van der Waals surface area (Å²) in [6.07, 6.45) is 9.88. The molecule has 0 spiro atoms. The Morgan fingerprint density at radius 1 is 1.58 bits per heavy atom. The van der Waals surface area contributed by atoms with Crippen molar-refractivity contribution >= 4 is 5.71 Å². The highest BCUT2D eigenvalue weighted by Crippen LogP contribution is 2.13. The number of rotatable bonds is 2. The van der Waals surface area contributed by atoms with E-state index in [1.165, 1.54) is 0 Å². The molecule has 0 saturated carbocycles. The van der Waals surface area contributed by atoms with E-state index < -0.39 is 0 Å². The second-order valence-corrected chi connectivity index (χ2v) is 2.71. The standard InChI is InChI=1S/C9H10N3/c1-2-7-12-9-6-4-3-5-8(9)10-11-12/h2-6,9H,1,7H2. The summed E-state index contributed by atoms with van der Waals surface area (Å²) in [5.41, 5.74) is 5.03. The van der Waals surface area contributed by atoms with Gasteiger partial charge in [0, 0.05) is 6.54 Å². The van der Waals surface area contributed by atoms with Crippen molar-refractivity contribution in [2.45, 2.75) is 6.04 Å². The van der Waals surface area contributed by atoms with Gasteiger partial charge in [0.15, 0.2) is 0 Å². The fourth-order valence-electron chi connectivity index (χ4n) is 1.31. The van der Waals surface area contributed by atoms with Crippen molar-refractivity contribution in [1.82, 2.24) is 10.5 Å². The molecule has 1 radical (unpaired) electrons. The largest absolute Gasteiger partial charge is 0.165 e. The van der Waals surface area contributed by atoms with Crippen LogP contribution in [0.4, 0.5) is 0 Å². The van der Waals surface area contributed by atoms with E-state index in [2.05, 4.69) is 23.3 Å². The summed E-state index contributed by atoms with van der Waals surface area (Å²) in [4.78, 5) is 0. The summed E-state index contributed by atoms with van der Waals surface area (Å²) in [7, 11) is 0. The van der Waals surface area contributed by atoms with Crippen LogP contribution in [-0.2, 0) is 0 Å². The first-order valence-electron chi connectivity index (χ1n) is 3.93. The highest BCUT2D eigenvalue weighted by atomic mass is 15.7. The van der Waals surface area contributed by atoms with Crippen molar-refractivity contribution in [3.05, 3.63) is 37.0 Å².